The lowest BCUT2D eigenvalue weighted by Crippen LogP contribution is -2.37. The third kappa shape index (κ3) is 4.53. The molecule has 25 heavy (non-hydrogen) atoms. The van der Waals surface area contributed by atoms with Gasteiger partial charge in [-0.25, -0.2) is 23.1 Å². The average molecular weight is 362 g/mol. The summed E-state index contributed by atoms with van der Waals surface area (Å²) >= 11 is 0. The zero-order valence-electron chi connectivity index (χ0n) is 14.4. The standard InChI is InChI=1S/C17H22N4O3S/c1-13-3-5-15(6-4-13)25(22,23)18-12-16-19-14(2)11-17(20-16)21-7-9-24-10-8-21/h3-6,11,18H,7-10,12H2,1-2H3. The number of nitrogens with one attached hydrogen (secondary N) is 1. The van der Waals surface area contributed by atoms with E-state index in [1.54, 1.807) is 24.3 Å². The Morgan fingerprint density at radius 3 is 2.48 bits per heavy atom. The van der Waals surface area contributed by atoms with Crippen molar-refractivity contribution >= 4 is 15.8 Å². The zero-order chi connectivity index (χ0) is 17.9. The summed E-state index contributed by atoms with van der Waals surface area (Å²) in [7, 11) is -3.59. The monoisotopic (exact) mass is 362 g/mol. The summed E-state index contributed by atoms with van der Waals surface area (Å²) in [5, 5.41) is 0. The highest BCUT2D eigenvalue weighted by atomic mass is 32.2. The predicted octanol–water partition coefficient (Wildman–Crippen LogP) is 1.41. The number of morpholine rings is 1. The maximum Gasteiger partial charge on any atom is 0.240 e. The summed E-state index contributed by atoms with van der Waals surface area (Å²) in [6.07, 6.45) is 0. The molecule has 7 nitrogen and oxygen atoms in total. The zero-order valence-corrected chi connectivity index (χ0v) is 15.2. The van der Waals surface area contributed by atoms with E-state index in [9.17, 15) is 8.42 Å². The molecule has 0 atom stereocenters. The Hall–Kier alpha value is -2.03. The summed E-state index contributed by atoms with van der Waals surface area (Å²) in [4.78, 5) is 11.2. The van der Waals surface area contributed by atoms with Crippen molar-refractivity contribution in [3.8, 4) is 0 Å². The third-order valence-electron chi connectivity index (χ3n) is 3.97. The number of benzene rings is 1. The Bertz CT molecular complexity index is 831. The van der Waals surface area contributed by atoms with E-state index in [-0.39, 0.29) is 11.4 Å². The van der Waals surface area contributed by atoms with Gasteiger partial charge in [0.1, 0.15) is 11.6 Å². The van der Waals surface area contributed by atoms with Crippen LogP contribution >= 0.6 is 0 Å². The van der Waals surface area contributed by atoms with E-state index in [4.69, 9.17) is 4.74 Å². The first kappa shape index (κ1) is 17.8. The van der Waals surface area contributed by atoms with Gasteiger partial charge in [-0.3, -0.25) is 0 Å². The second kappa shape index (κ2) is 7.47. The van der Waals surface area contributed by atoms with Crippen molar-refractivity contribution in [3.63, 3.8) is 0 Å². The lowest BCUT2D eigenvalue weighted by Gasteiger charge is -2.28. The van der Waals surface area contributed by atoms with E-state index in [0.29, 0.717) is 19.0 Å². The Balaban J connectivity index is 1.74. The molecule has 1 aromatic carbocycles. The molecule has 0 unspecified atom stereocenters. The van der Waals surface area contributed by atoms with Gasteiger partial charge in [0, 0.05) is 24.8 Å². The van der Waals surface area contributed by atoms with Crippen molar-refractivity contribution in [2.75, 3.05) is 31.2 Å². The SMILES string of the molecule is Cc1ccc(S(=O)(=O)NCc2nc(C)cc(N3CCOCC3)n2)cc1. The molecule has 0 radical (unpaired) electrons. The van der Waals surface area contributed by atoms with Gasteiger partial charge in [-0.2, -0.15) is 0 Å². The lowest BCUT2D eigenvalue weighted by molar-refractivity contribution is 0.122. The molecule has 134 valence electrons. The van der Waals surface area contributed by atoms with E-state index in [2.05, 4.69) is 19.6 Å². The molecule has 0 amide bonds. The van der Waals surface area contributed by atoms with Crippen LogP contribution in [-0.4, -0.2) is 44.7 Å². The number of hydrogen-bond acceptors (Lipinski definition) is 6. The molecular formula is C17H22N4O3S. The summed E-state index contributed by atoms with van der Waals surface area (Å²) in [5.41, 5.74) is 1.82. The topological polar surface area (TPSA) is 84.4 Å². The van der Waals surface area contributed by atoms with Gasteiger partial charge in [0.15, 0.2) is 0 Å². The fraction of sp³-hybridized carbons (Fsp3) is 0.412. The number of nitrogens with zero attached hydrogens (tertiary/aromatic N) is 3. The highest BCUT2D eigenvalue weighted by Gasteiger charge is 2.17. The molecule has 0 saturated carbocycles. The van der Waals surface area contributed by atoms with Gasteiger partial charge in [0.25, 0.3) is 0 Å². The fourth-order valence-electron chi connectivity index (χ4n) is 2.61. The molecule has 1 saturated heterocycles. The second-order valence-corrected chi connectivity index (χ2v) is 7.79. The van der Waals surface area contributed by atoms with Crippen LogP contribution in [0.15, 0.2) is 35.2 Å². The number of ether oxygens (including phenoxy) is 1. The van der Waals surface area contributed by atoms with Gasteiger partial charge in [0.05, 0.1) is 24.7 Å². The van der Waals surface area contributed by atoms with E-state index in [1.165, 1.54) is 0 Å². The molecule has 3 rings (SSSR count). The summed E-state index contributed by atoms with van der Waals surface area (Å²) in [6.45, 7) is 6.71. The fourth-order valence-corrected chi connectivity index (χ4v) is 3.59. The number of aryl methyl sites for hydroxylation is 2. The van der Waals surface area contributed by atoms with Crippen molar-refractivity contribution in [2.24, 2.45) is 0 Å². The van der Waals surface area contributed by atoms with Crippen molar-refractivity contribution in [1.29, 1.82) is 0 Å². The maximum absolute atomic E-state index is 12.4. The Kier molecular flexibility index (Phi) is 5.31. The van der Waals surface area contributed by atoms with Gasteiger partial charge in [0.2, 0.25) is 10.0 Å². The first-order valence-electron chi connectivity index (χ1n) is 8.18. The summed E-state index contributed by atoms with van der Waals surface area (Å²) in [5.74, 6) is 1.26. The lowest BCUT2D eigenvalue weighted by atomic mass is 10.2. The molecule has 1 N–H and O–H groups in total. The van der Waals surface area contributed by atoms with Crippen LogP contribution in [0.3, 0.4) is 0 Å². The first-order valence-corrected chi connectivity index (χ1v) is 9.66. The minimum absolute atomic E-state index is 0.0508. The molecule has 8 heteroatoms. The largest absolute Gasteiger partial charge is 0.378 e. The van der Waals surface area contributed by atoms with Crippen LogP contribution in [0.2, 0.25) is 0 Å². The van der Waals surface area contributed by atoms with Gasteiger partial charge >= 0.3 is 0 Å². The number of rotatable bonds is 5. The van der Waals surface area contributed by atoms with Gasteiger partial charge in [-0.05, 0) is 26.0 Å². The van der Waals surface area contributed by atoms with Crippen molar-refractivity contribution in [3.05, 3.63) is 47.4 Å². The van der Waals surface area contributed by atoms with E-state index in [1.807, 2.05) is 19.9 Å². The maximum atomic E-state index is 12.4. The minimum atomic E-state index is -3.59. The summed E-state index contributed by atoms with van der Waals surface area (Å²) in [6, 6.07) is 8.63. The molecule has 2 heterocycles. The molecule has 2 aromatic rings. The normalized spacial score (nSPS) is 15.4. The molecule has 1 aromatic heterocycles. The molecule has 1 fully saturated rings. The Morgan fingerprint density at radius 1 is 1.12 bits per heavy atom. The van der Waals surface area contributed by atoms with Gasteiger partial charge < -0.3 is 9.64 Å². The first-order chi connectivity index (χ1) is 11.9. The van der Waals surface area contributed by atoms with Gasteiger partial charge in [-0.1, -0.05) is 17.7 Å². The highest BCUT2D eigenvalue weighted by Crippen LogP contribution is 2.15. The van der Waals surface area contributed by atoms with Crippen LogP contribution in [0.1, 0.15) is 17.1 Å². The van der Waals surface area contributed by atoms with Crippen LogP contribution in [0.5, 0.6) is 0 Å². The number of sulfonamides is 1. The van der Waals surface area contributed by atoms with Crippen LogP contribution in [0, 0.1) is 13.8 Å². The van der Waals surface area contributed by atoms with Gasteiger partial charge in [-0.15, -0.1) is 0 Å². The average Bonchev–Trinajstić information content (AvgIpc) is 2.61. The number of aromatic nitrogens is 2. The highest BCUT2D eigenvalue weighted by molar-refractivity contribution is 7.89. The molecule has 0 spiro atoms. The molecule has 1 aliphatic heterocycles. The predicted molar refractivity (Wildman–Crippen MR) is 95.0 cm³/mol. The molecule has 0 bridgehead atoms. The van der Waals surface area contributed by atoms with E-state index < -0.39 is 10.0 Å². The Morgan fingerprint density at radius 2 is 1.80 bits per heavy atom. The number of hydrogen-bond donors (Lipinski definition) is 1. The van der Waals surface area contributed by atoms with E-state index in [0.717, 1.165) is 30.2 Å². The minimum Gasteiger partial charge on any atom is -0.378 e. The van der Waals surface area contributed by atoms with Crippen molar-refractivity contribution in [1.82, 2.24) is 14.7 Å². The smallest absolute Gasteiger partial charge is 0.240 e. The molecular weight excluding hydrogens is 340 g/mol. The molecule has 1 aliphatic rings. The van der Waals surface area contributed by atoms with Crippen LogP contribution in [-0.2, 0) is 21.3 Å². The van der Waals surface area contributed by atoms with E-state index >= 15 is 0 Å². The second-order valence-electron chi connectivity index (χ2n) is 6.02. The van der Waals surface area contributed by atoms with Crippen LogP contribution in [0.25, 0.3) is 0 Å². The molecule has 0 aliphatic carbocycles. The Labute approximate surface area is 148 Å². The number of anilines is 1. The summed E-state index contributed by atoms with van der Waals surface area (Å²) < 4.78 is 32.7. The van der Waals surface area contributed by atoms with Crippen LogP contribution in [0.4, 0.5) is 5.82 Å². The van der Waals surface area contributed by atoms with Crippen molar-refractivity contribution < 1.29 is 13.2 Å². The quantitative estimate of drug-likeness (QED) is 0.866. The van der Waals surface area contributed by atoms with Crippen LogP contribution < -0.4 is 9.62 Å². The van der Waals surface area contributed by atoms with Crippen molar-refractivity contribution in [2.45, 2.75) is 25.3 Å². The third-order valence-corrected chi connectivity index (χ3v) is 5.39.